The van der Waals surface area contributed by atoms with Crippen LogP contribution < -0.4 is 4.90 Å². The molecule has 31 heavy (non-hydrogen) atoms. The van der Waals surface area contributed by atoms with Crippen LogP contribution in [-0.4, -0.2) is 48.7 Å². The van der Waals surface area contributed by atoms with Gasteiger partial charge in [0.25, 0.3) is 12.3 Å². The number of pyridine rings is 1. The second-order valence-corrected chi connectivity index (χ2v) is 7.39. The third-order valence-corrected chi connectivity index (χ3v) is 5.05. The molecule has 1 aliphatic heterocycles. The molecule has 11 heteroatoms. The van der Waals surface area contributed by atoms with Crippen molar-refractivity contribution in [3.8, 4) is 11.5 Å². The molecule has 0 amide bonds. The fourth-order valence-corrected chi connectivity index (χ4v) is 3.66. The highest BCUT2D eigenvalue weighted by molar-refractivity contribution is 5.59. The predicted octanol–water partition coefficient (Wildman–Crippen LogP) is 3.39. The molecule has 0 N–H and O–H groups in total. The Kier molecular flexibility index (Phi) is 4.81. The quantitative estimate of drug-likeness (QED) is 0.489. The maximum atomic E-state index is 13.2. The molecule has 0 radical (unpaired) electrons. The van der Waals surface area contributed by atoms with E-state index < -0.39 is 6.43 Å². The van der Waals surface area contributed by atoms with Crippen LogP contribution in [0.4, 0.5) is 14.6 Å². The third kappa shape index (κ3) is 3.72. The van der Waals surface area contributed by atoms with Gasteiger partial charge in [0.05, 0.1) is 18.8 Å². The molecule has 0 bridgehead atoms. The van der Waals surface area contributed by atoms with Crippen LogP contribution in [0.5, 0.6) is 0 Å². The number of hydrogen-bond acceptors (Lipinski definition) is 8. The molecule has 5 rings (SSSR count). The van der Waals surface area contributed by atoms with Crippen molar-refractivity contribution in [3.63, 3.8) is 0 Å². The van der Waals surface area contributed by atoms with E-state index in [9.17, 15) is 8.78 Å². The van der Waals surface area contributed by atoms with E-state index in [0.717, 1.165) is 0 Å². The summed E-state index contributed by atoms with van der Waals surface area (Å²) in [5.74, 6) is 2.04. The molecular formula is C20H19F2N7O2. The zero-order valence-corrected chi connectivity index (χ0v) is 16.8. The minimum Gasteiger partial charge on any atom is -0.362 e. The van der Waals surface area contributed by atoms with E-state index in [2.05, 4.69) is 30.0 Å². The van der Waals surface area contributed by atoms with Gasteiger partial charge in [-0.05, 0) is 32.0 Å². The van der Waals surface area contributed by atoms with Gasteiger partial charge in [-0.15, -0.1) is 0 Å². The summed E-state index contributed by atoms with van der Waals surface area (Å²) in [5.41, 5.74) is 0.979. The van der Waals surface area contributed by atoms with Crippen molar-refractivity contribution in [1.29, 1.82) is 0 Å². The molecule has 4 aromatic rings. The van der Waals surface area contributed by atoms with E-state index in [-0.39, 0.29) is 17.8 Å². The molecular weight excluding hydrogens is 408 g/mol. The molecule has 0 aliphatic carbocycles. The van der Waals surface area contributed by atoms with Crippen molar-refractivity contribution < 1.29 is 18.0 Å². The van der Waals surface area contributed by atoms with E-state index in [1.54, 1.807) is 35.9 Å². The van der Waals surface area contributed by atoms with Crippen molar-refractivity contribution in [3.05, 3.63) is 54.1 Å². The zero-order chi connectivity index (χ0) is 21.5. The largest absolute Gasteiger partial charge is 0.362 e. The smallest absolute Gasteiger partial charge is 0.265 e. The van der Waals surface area contributed by atoms with Crippen LogP contribution in [0.3, 0.4) is 0 Å². The normalized spacial score (nSPS) is 19.5. The molecule has 1 saturated heterocycles. The molecule has 0 unspecified atom stereocenters. The summed E-state index contributed by atoms with van der Waals surface area (Å²) in [6.45, 7) is 4.80. The lowest BCUT2D eigenvalue weighted by Crippen LogP contribution is -2.43. The van der Waals surface area contributed by atoms with E-state index in [0.29, 0.717) is 47.8 Å². The van der Waals surface area contributed by atoms with Crippen molar-refractivity contribution in [1.82, 2.24) is 29.5 Å². The number of anilines is 1. The lowest BCUT2D eigenvalue weighted by molar-refractivity contribution is -0.0333. The molecule has 1 fully saturated rings. The van der Waals surface area contributed by atoms with Gasteiger partial charge >= 0.3 is 0 Å². The fraction of sp³-hybridized carbons (Fsp3) is 0.350. The van der Waals surface area contributed by atoms with Crippen LogP contribution in [0.2, 0.25) is 0 Å². The van der Waals surface area contributed by atoms with Gasteiger partial charge in [0.15, 0.2) is 17.8 Å². The number of morpholine rings is 1. The topological polar surface area (TPSA) is 94.5 Å². The second kappa shape index (κ2) is 7.65. The average molecular weight is 427 g/mol. The van der Waals surface area contributed by atoms with Gasteiger partial charge in [0.2, 0.25) is 0 Å². The van der Waals surface area contributed by atoms with Crippen LogP contribution >= 0.6 is 0 Å². The number of nitrogens with zero attached hydrogens (tertiary/aromatic N) is 7. The molecule has 0 aromatic carbocycles. The first-order valence-electron chi connectivity index (χ1n) is 9.77. The Morgan fingerprint density at radius 2 is 2.00 bits per heavy atom. The fourth-order valence-electron chi connectivity index (χ4n) is 3.66. The third-order valence-electron chi connectivity index (χ3n) is 5.05. The van der Waals surface area contributed by atoms with E-state index in [1.165, 1.54) is 12.3 Å². The van der Waals surface area contributed by atoms with Gasteiger partial charge in [-0.3, -0.25) is 4.40 Å². The average Bonchev–Trinajstić information content (AvgIpc) is 3.39. The lowest BCUT2D eigenvalue weighted by atomic mass is 10.2. The van der Waals surface area contributed by atoms with Crippen molar-refractivity contribution >= 4 is 11.5 Å². The Bertz CT molecular complexity index is 1230. The number of alkyl halides is 2. The van der Waals surface area contributed by atoms with Gasteiger partial charge < -0.3 is 14.2 Å². The van der Waals surface area contributed by atoms with Crippen LogP contribution in [-0.2, 0) is 4.74 Å². The highest BCUT2D eigenvalue weighted by Crippen LogP contribution is 2.28. The summed E-state index contributed by atoms with van der Waals surface area (Å²) < 4.78 is 39.1. The molecule has 2 atom stereocenters. The van der Waals surface area contributed by atoms with E-state index >= 15 is 0 Å². The predicted molar refractivity (Wildman–Crippen MR) is 106 cm³/mol. The highest BCUT2D eigenvalue weighted by atomic mass is 19.3. The Morgan fingerprint density at radius 3 is 2.77 bits per heavy atom. The number of imidazole rings is 1. The standard InChI is InChI=1S/C20H19F2N7O2/c1-11-8-28(10-15(30-11)20-25-12(2)27-31-20)17-5-6-23-19(26-17)14-7-24-16-4-3-13(18(21)22)9-29(14)16/h3-7,9,11,15,18H,8,10H2,1-2H3/t11-,15-/m1/s1. The Balaban J connectivity index is 1.48. The number of ether oxygens (including phenoxy) is 1. The zero-order valence-electron chi connectivity index (χ0n) is 16.8. The number of halogens is 2. The number of rotatable bonds is 4. The first kappa shape index (κ1) is 19.5. The van der Waals surface area contributed by atoms with Crippen molar-refractivity contribution in [2.24, 2.45) is 0 Å². The molecule has 160 valence electrons. The number of aryl methyl sites for hydroxylation is 1. The van der Waals surface area contributed by atoms with Gasteiger partial charge in [0.1, 0.15) is 17.2 Å². The van der Waals surface area contributed by atoms with Gasteiger partial charge in [-0.1, -0.05) is 5.16 Å². The maximum Gasteiger partial charge on any atom is 0.265 e. The highest BCUT2D eigenvalue weighted by Gasteiger charge is 2.31. The van der Waals surface area contributed by atoms with Crippen LogP contribution in [0.15, 0.2) is 41.3 Å². The maximum absolute atomic E-state index is 13.2. The first-order chi connectivity index (χ1) is 15.0. The summed E-state index contributed by atoms with van der Waals surface area (Å²) in [6, 6.07) is 4.71. The number of fused-ring (bicyclic) bond motifs is 1. The van der Waals surface area contributed by atoms with Crippen LogP contribution in [0.1, 0.15) is 36.7 Å². The Morgan fingerprint density at radius 1 is 1.13 bits per heavy atom. The summed E-state index contributed by atoms with van der Waals surface area (Å²) >= 11 is 0. The SMILES string of the molecule is Cc1noc([C@H]2CN(c3ccnc(-c4cnc5ccc(C(F)F)cn45)n3)C[C@@H](C)O2)n1. The monoisotopic (exact) mass is 427 g/mol. The lowest BCUT2D eigenvalue weighted by Gasteiger charge is -2.36. The molecule has 0 saturated carbocycles. The molecule has 5 heterocycles. The molecule has 0 spiro atoms. The Hall–Kier alpha value is -3.47. The summed E-state index contributed by atoms with van der Waals surface area (Å²) in [6.07, 6.45) is 1.53. The first-order valence-corrected chi connectivity index (χ1v) is 9.77. The van der Waals surface area contributed by atoms with E-state index in [4.69, 9.17) is 9.26 Å². The van der Waals surface area contributed by atoms with Crippen LogP contribution in [0, 0.1) is 6.92 Å². The summed E-state index contributed by atoms with van der Waals surface area (Å²) in [4.78, 5) is 19.6. The minimum absolute atomic E-state index is 0.0891. The molecule has 1 aliphatic rings. The van der Waals surface area contributed by atoms with Crippen LogP contribution in [0.25, 0.3) is 17.2 Å². The molecule has 9 nitrogen and oxygen atoms in total. The van der Waals surface area contributed by atoms with Crippen molar-refractivity contribution in [2.75, 3.05) is 18.0 Å². The van der Waals surface area contributed by atoms with Gasteiger partial charge in [0, 0.05) is 24.5 Å². The molecule has 4 aromatic heterocycles. The number of hydrogen-bond donors (Lipinski definition) is 0. The summed E-state index contributed by atoms with van der Waals surface area (Å²) in [7, 11) is 0. The van der Waals surface area contributed by atoms with Gasteiger partial charge in [-0.25, -0.2) is 23.7 Å². The minimum atomic E-state index is -2.58. The second-order valence-electron chi connectivity index (χ2n) is 7.39. The van der Waals surface area contributed by atoms with Gasteiger partial charge in [-0.2, -0.15) is 4.98 Å². The number of aromatic nitrogens is 6. The Labute approximate surface area is 175 Å². The van der Waals surface area contributed by atoms with Crippen molar-refractivity contribution in [2.45, 2.75) is 32.5 Å². The summed E-state index contributed by atoms with van der Waals surface area (Å²) in [5, 5.41) is 3.84. The van der Waals surface area contributed by atoms with E-state index in [1.807, 2.05) is 6.92 Å².